The van der Waals surface area contributed by atoms with Crippen LogP contribution in [0.1, 0.15) is 5.56 Å². The molecule has 132 valence electrons. The van der Waals surface area contributed by atoms with Crippen molar-refractivity contribution in [2.75, 3.05) is 5.32 Å². The molecule has 0 spiro atoms. The van der Waals surface area contributed by atoms with Crippen molar-refractivity contribution in [1.29, 1.82) is 0 Å². The second kappa shape index (κ2) is 7.66. The number of hydrogen-bond donors (Lipinski definition) is 1. The fraction of sp³-hybridized carbons (Fsp3) is 0.0455. The van der Waals surface area contributed by atoms with Gasteiger partial charge in [-0.3, -0.25) is 9.78 Å². The predicted molar refractivity (Wildman–Crippen MR) is 105 cm³/mol. The number of carbonyl (C=O) groups excluding carboxylic acids is 1. The molecule has 0 aliphatic carbocycles. The van der Waals surface area contributed by atoms with Gasteiger partial charge in [0, 0.05) is 6.20 Å². The van der Waals surface area contributed by atoms with E-state index in [-0.39, 0.29) is 12.3 Å². The molecule has 4 rings (SSSR count). The molecule has 0 radical (unpaired) electrons. The van der Waals surface area contributed by atoms with Gasteiger partial charge in [-0.25, -0.2) is 4.98 Å². The van der Waals surface area contributed by atoms with E-state index in [0.717, 1.165) is 22.3 Å². The van der Waals surface area contributed by atoms with Crippen LogP contribution >= 0.6 is 0 Å². The van der Waals surface area contributed by atoms with E-state index in [1.807, 2.05) is 72.8 Å². The number of nitrogens with one attached hydrogen (secondary N) is 1. The normalized spacial score (nSPS) is 10.5. The summed E-state index contributed by atoms with van der Waals surface area (Å²) in [7, 11) is 0. The summed E-state index contributed by atoms with van der Waals surface area (Å²) in [6.45, 7) is 0. The zero-order valence-corrected chi connectivity index (χ0v) is 14.5. The number of hydrogen-bond acceptors (Lipinski definition) is 4. The minimum Gasteiger partial charge on any atom is -0.457 e. The quantitative estimate of drug-likeness (QED) is 0.568. The van der Waals surface area contributed by atoms with E-state index in [0.29, 0.717) is 11.6 Å². The van der Waals surface area contributed by atoms with Gasteiger partial charge in [0.15, 0.2) is 0 Å². The summed E-state index contributed by atoms with van der Waals surface area (Å²) in [5.41, 5.74) is 2.40. The third-order valence-corrected chi connectivity index (χ3v) is 3.97. The molecule has 1 N–H and O–H groups in total. The number of anilines is 1. The number of aromatic nitrogens is 2. The third-order valence-electron chi connectivity index (χ3n) is 3.97. The Morgan fingerprint density at radius 3 is 2.59 bits per heavy atom. The Bertz CT molecular complexity index is 1080. The Morgan fingerprint density at radius 1 is 0.852 bits per heavy atom. The molecule has 4 aromatic rings. The molecule has 2 aromatic heterocycles. The molecule has 0 aliphatic heterocycles. The smallest absolute Gasteiger partial charge is 0.229 e. The van der Waals surface area contributed by atoms with Gasteiger partial charge < -0.3 is 10.1 Å². The average Bonchev–Trinajstić information content (AvgIpc) is 2.69. The van der Waals surface area contributed by atoms with Crippen molar-refractivity contribution in [2.24, 2.45) is 0 Å². The molecule has 0 saturated carbocycles. The number of ether oxygens (including phenoxy) is 1. The number of nitrogens with zero attached hydrogens (tertiary/aromatic N) is 2. The zero-order valence-electron chi connectivity index (χ0n) is 14.5. The summed E-state index contributed by atoms with van der Waals surface area (Å²) in [6, 6.07) is 24.3. The van der Waals surface area contributed by atoms with E-state index in [9.17, 15) is 4.79 Å². The topological polar surface area (TPSA) is 64.1 Å². The monoisotopic (exact) mass is 355 g/mol. The fourth-order valence-corrected chi connectivity index (χ4v) is 2.74. The molecule has 0 fully saturated rings. The summed E-state index contributed by atoms with van der Waals surface area (Å²) in [5.74, 6) is 1.83. The molecule has 27 heavy (non-hydrogen) atoms. The Labute approximate surface area is 156 Å². The van der Waals surface area contributed by atoms with Crippen LogP contribution in [0.25, 0.3) is 11.0 Å². The van der Waals surface area contributed by atoms with E-state index >= 15 is 0 Å². The first-order valence-electron chi connectivity index (χ1n) is 8.60. The standard InChI is InChI=1S/C22H17N3O2/c26-22(25-21-12-11-19-20(24-21)10-5-13-23-19)15-16-6-4-9-18(14-16)27-17-7-2-1-3-8-17/h1-14H,15H2,(H,24,25,26). The van der Waals surface area contributed by atoms with Crippen LogP contribution in [0.3, 0.4) is 0 Å². The summed E-state index contributed by atoms with van der Waals surface area (Å²) in [6.07, 6.45) is 1.95. The molecule has 0 aliphatic rings. The molecule has 0 saturated heterocycles. The zero-order chi connectivity index (χ0) is 18.5. The van der Waals surface area contributed by atoms with Gasteiger partial charge in [-0.1, -0.05) is 30.3 Å². The summed E-state index contributed by atoms with van der Waals surface area (Å²) < 4.78 is 5.82. The largest absolute Gasteiger partial charge is 0.457 e. The van der Waals surface area contributed by atoms with Crippen molar-refractivity contribution in [2.45, 2.75) is 6.42 Å². The van der Waals surface area contributed by atoms with Crippen LogP contribution in [-0.2, 0) is 11.2 Å². The molecule has 5 nitrogen and oxygen atoms in total. The van der Waals surface area contributed by atoms with Gasteiger partial charge >= 0.3 is 0 Å². The van der Waals surface area contributed by atoms with Crippen molar-refractivity contribution < 1.29 is 9.53 Å². The van der Waals surface area contributed by atoms with Gasteiger partial charge in [0.25, 0.3) is 0 Å². The molecule has 2 aromatic carbocycles. The Kier molecular flexibility index (Phi) is 4.74. The van der Waals surface area contributed by atoms with E-state index in [1.165, 1.54) is 0 Å². The van der Waals surface area contributed by atoms with E-state index in [1.54, 1.807) is 12.3 Å². The number of rotatable bonds is 5. The Hall–Kier alpha value is -3.73. The van der Waals surface area contributed by atoms with E-state index in [2.05, 4.69) is 15.3 Å². The van der Waals surface area contributed by atoms with Gasteiger partial charge in [-0.05, 0) is 54.1 Å². The van der Waals surface area contributed by atoms with Crippen molar-refractivity contribution in [1.82, 2.24) is 9.97 Å². The van der Waals surface area contributed by atoms with Crippen molar-refractivity contribution in [3.8, 4) is 11.5 Å². The highest BCUT2D eigenvalue weighted by atomic mass is 16.5. The van der Waals surface area contributed by atoms with E-state index in [4.69, 9.17) is 4.74 Å². The van der Waals surface area contributed by atoms with Crippen LogP contribution in [0.4, 0.5) is 5.82 Å². The van der Waals surface area contributed by atoms with Crippen LogP contribution in [-0.4, -0.2) is 15.9 Å². The summed E-state index contributed by atoms with van der Waals surface area (Å²) >= 11 is 0. The average molecular weight is 355 g/mol. The van der Waals surface area contributed by atoms with Crippen molar-refractivity contribution in [3.63, 3.8) is 0 Å². The number of fused-ring (bicyclic) bond motifs is 1. The Balaban J connectivity index is 1.43. The number of amides is 1. The molecular weight excluding hydrogens is 338 g/mol. The lowest BCUT2D eigenvalue weighted by Crippen LogP contribution is -2.15. The highest BCUT2D eigenvalue weighted by molar-refractivity contribution is 5.92. The first kappa shape index (κ1) is 16.7. The maximum absolute atomic E-state index is 12.4. The lowest BCUT2D eigenvalue weighted by molar-refractivity contribution is -0.115. The van der Waals surface area contributed by atoms with Crippen LogP contribution in [0.5, 0.6) is 11.5 Å². The fourth-order valence-electron chi connectivity index (χ4n) is 2.74. The molecule has 0 atom stereocenters. The van der Waals surface area contributed by atoms with Gasteiger partial charge in [0.05, 0.1) is 17.5 Å². The lowest BCUT2D eigenvalue weighted by Gasteiger charge is -2.08. The third kappa shape index (κ3) is 4.27. The predicted octanol–water partition coefficient (Wildman–Crippen LogP) is 4.60. The molecule has 1 amide bonds. The maximum Gasteiger partial charge on any atom is 0.229 e. The highest BCUT2D eigenvalue weighted by Gasteiger charge is 2.07. The van der Waals surface area contributed by atoms with Gasteiger partial charge in [-0.2, -0.15) is 0 Å². The number of pyridine rings is 2. The van der Waals surface area contributed by atoms with Gasteiger partial charge in [-0.15, -0.1) is 0 Å². The van der Waals surface area contributed by atoms with Gasteiger partial charge in [0.1, 0.15) is 17.3 Å². The minimum atomic E-state index is -0.136. The number of para-hydroxylation sites is 1. The molecule has 0 unspecified atom stereocenters. The molecular formula is C22H17N3O2. The van der Waals surface area contributed by atoms with Crippen LogP contribution in [0, 0.1) is 0 Å². The second-order valence-corrected chi connectivity index (χ2v) is 6.03. The van der Waals surface area contributed by atoms with Crippen molar-refractivity contribution in [3.05, 3.63) is 90.6 Å². The number of benzene rings is 2. The lowest BCUT2D eigenvalue weighted by atomic mass is 10.1. The van der Waals surface area contributed by atoms with E-state index < -0.39 is 0 Å². The van der Waals surface area contributed by atoms with Gasteiger partial charge in [0.2, 0.25) is 5.91 Å². The minimum absolute atomic E-state index is 0.136. The maximum atomic E-state index is 12.4. The number of carbonyl (C=O) groups is 1. The van der Waals surface area contributed by atoms with Crippen molar-refractivity contribution >= 4 is 22.8 Å². The SMILES string of the molecule is O=C(Cc1cccc(Oc2ccccc2)c1)Nc1ccc2ncccc2n1. The molecule has 5 heteroatoms. The first-order valence-corrected chi connectivity index (χ1v) is 8.60. The molecule has 0 bridgehead atoms. The van der Waals surface area contributed by atoms with Crippen LogP contribution in [0.15, 0.2) is 85.1 Å². The highest BCUT2D eigenvalue weighted by Crippen LogP contribution is 2.22. The summed E-state index contributed by atoms with van der Waals surface area (Å²) in [5, 5.41) is 2.83. The molecule has 2 heterocycles. The Morgan fingerprint density at radius 2 is 1.70 bits per heavy atom. The summed E-state index contributed by atoms with van der Waals surface area (Å²) in [4.78, 5) is 21.0. The van der Waals surface area contributed by atoms with Crippen LogP contribution in [0.2, 0.25) is 0 Å². The second-order valence-electron chi connectivity index (χ2n) is 6.03. The van der Waals surface area contributed by atoms with Crippen LogP contribution < -0.4 is 10.1 Å². The first-order chi connectivity index (χ1) is 13.3.